The summed E-state index contributed by atoms with van der Waals surface area (Å²) in [7, 11) is -3.16. The van der Waals surface area contributed by atoms with Gasteiger partial charge in [-0.2, -0.15) is 12.7 Å². The SMILES string of the molecule is CN(C)S(=O)(=O)N(C)c1ccc(C(=O)Nc2ccc(S(=O)(=O)Nc3cccnc3)cc2)cc1. The Kier molecular flexibility index (Phi) is 7.01. The van der Waals surface area contributed by atoms with Gasteiger partial charge in [-0.15, -0.1) is 0 Å². The molecule has 0 radical (unpaired) electrons. The predicted octanol–water partition coefficient (Wildman–Crippen LogP) is 2.38. The number of carbonyl (C=O) groups is 1. The lowest BCUT2D eigenvalue weighted by atomic mass is 10.2. The van der Waals surface area contributed by atoms with Crippen LogP contribution in [0, 0.1) is 0 Å². The van der Waals surface area contributed by atoms with E-state index in [0.29, 0.717) is 22.6 Å². The van der Waals surface area contributed by atoms with Crippen molar-refractivity contribution in [3.8, 4) is 0 Å². The molecule has 174 valence electrons. The van der Waals surface area contributed by atoms with Crippen LogP contribution < -0.4 is 14.3 Å². The van der Waals surface area contributed by atoms with Crippen molar-refractivity contribution < 1.29 is 21.6 Å². The highest BCUT2D eigenvalue weighted by Gasteiger charge is 2.21. The summed E-state index contributed by atoms with van der Waals surface area (Å²) in [4.78, 5) is 16.4. The molecule has 12 heteroatoms. The molecule has 1 aromatic heterocycles. The van der Waals surface area contributed by atoms with Gasteiger partial charge in [0, 0.05) is 38.6 Å². The van der Waals surface area contributed by atoms with Crippen molar-refractivity contribution in [3.05, 3.63) is 78.6 Å². The summed E-state index contributed by atoms with van der Waals surface area (Å²) < 4.78 is 54.0. The van der Waals surface area contributed by atoms with Crippen molar-refractivity contribution in [3.63, 3.8) is 0 Å². The van der Waals surface area contributed by atoms with Gasteiger partial charge in [0.25, 0.3) is 15.9 Å². The van der Waals surface area contributed by atoms with Gasteiger partial charge in [0.05, 0.1) is 22.5 Å². The van der Waals surface area contributed by atoms with Crippen LogP contribution in [0.25, 0.3) is 0 Å². The van der Waals surface area contributed by atoms with E-state index in [1.165, 1.54) is 82.1 Å². The molecular weight excluding hydrogens is 466 g/mol. The molecule has 0 saturated carbocycles. The number of sulfonamides is 1. The number of aromatic nitrogens is 1. The van der Waals surface area contributed by atoms with E-state index in [1.54, 1.807) is 12.1 Å². The van der Waals surface area contributed by atoms with Crippen LogP contribution in [-0.2, 0) is 20.2 Å². The van der Waals surface area contributed by atoms with Gasteiger partial charge in [-0.25, -0.2) is 8.42 Å². The normalized spacial score (nSPS) is 11.8. The molecule has 1 heterocycles. The molecule has 0 unspecified atom stereocenters. The molecule has 3 aromatic rings. The third kappa shape index (κ3) is 5.66. The van der Waals surface area contributed by atoms with E-state index >= 15 is 0 Å². The first-order valence-corrected chi connectivity index (χ1v) is 12.5. The Labute approximate surface area is 193 Å². The molecule has 2 aromatic carbocycles. The van der Waals surface area contributed by atoms with Gasteiger partial charge in [-0.3, -0.25) is 18.8 Å². The van der Waals surface area contributed by atoms with Gasteiger partial charge in [0.1, 0.15) is 0 Å². The van der Waals surface area contributed by atoms with Gasteiger partial charge < -0.3 is 5.32 Å². The Hall–Kier alpha value is -3.48. The second-order valence-corrected chi connectivity index (χ2v) is 11.0. The fourth-order valence-corrected chi connectivity index (χ4v) is 4.68. The summed E-state index contributed by atoms with van der Waals surface area (Å²) in [6.07, 6.45) is 2.93. The topological polar surface area (TPSA) is 129 Å². The molecular formula is C21H23N5O5S2. The fraction of sp³-hybridized carbons (Fsp3) is 0.143. The van der Waals surface area contributed by atoms with Crippen molar-refractivity contribution >= 4 is 43.2 Å². The molecule has 2 N–H and O–H groups in total. The number of benzene rings is 2. The summed E-state index contributed by atoms with van der Waals surface area (Å²) in [6.45, 7) is 0. The molecule has 1 amide bonds. The molecule has 0 fully saturated rings. The minimum atomic E-state index is -3.80. The minimum Gasteiger partial charge on any atom is -0.322 e. The number of pyridine rings is 1. The summed E-state index contributed by atoms with van der Waals surface area (Å²) in [6, 6.07) is 14.9. The van der Waals surface area contributed by atoms with Crippen molar-refractivity contribution in [1.82, 2.24) is 9.29 Å². The van der Waals surface area contributed by atoms with Crippen molar-refractivity contribution in [2.45, 2.75) is 4.90 Å². The van der Waals surface area contributed by atoms with Crippen LogP contribution in [0.3, 0.4) is 0 Å². The number of amides is 1. The third-order valence-electron chi connectivity index (χ3n) is 4.64. The van der Waals surface area contributed by atoms with E-state index in [2.05, 4.69) is 15.0 Å². The van der Waals surface area contributed by atoms with Crippen molar-refractivity contribution in [2.24, 2.45) is 0 Å². The summed E-state index contributed by atoms with van der Waals surface area (Å²) in [5.41, 5.74) is 1.44. The second-order valence-electron chi connectivity index (χ2n) is 7.13. The number of hydrogen-bond donors (Lipinski definition) is 2. The Morgan fingerprint density at radius 3 is 2.03 bits per heavy atom. The molecule has 10 nitrogen and oxygen atoms in total. The average Bonchev–Trinajstić information content (AvgIpc) is 2.79. The number of rotatable bonds is 8. The van der Waals surface area contributed by atoms with Crippen molar-refractivity contribution in [1.29, 1.82) is 0 Å². The first kappa shape index (κ1) is 24.2. The summed E-state index contributed by atoms with van der Waals surface area (Å²) in [5, 5.41) is 2.68. The highest BCUT2D eigenvalue weighted by atomic mass is 32.2. The van der Waals surface area contributed by atoms with E-state index in [-0.39, 0.29) is 4.90 Å². The largest absolute Gasteiger partial charge is 0.322 e. The number of nitrogens with one attached hydrogen (secondary N) is 2. The highest BCUT2D eigenvalue weighted by Crippen LogP contribution is 2.20. The molecule has 0 bridgehead atoms. The number of nitrogens with zero attached hydrogens (tertiary/aromatic N) is 3. The highest BCUT2D eigenvalue weighted by molar-refractivity contribution is 7.92. The van der Waals surface area contributed by atoms with Crippen LogP contribution in [0.2, 0.25) is 0 Å². The van der Waals surface area contributed by atoms with E-state index in [1.807, 2.05) is 0 Å². The molecule has 0 spiro atoms. The Bertz CT molecular complexity index is 1330. The molecule has 0 saturated heterocycles. The first-order valence-electron chi connectivity index (χ1n) is 9.61. The Morgan fingerprint density at radius 2 is 1.48 bits per heavy atom. The van der Waals surface area contributed by atoms with E-state index in [4.69, 9.17) is 0 Å². The number of hydrogen-bond acceptors (Lipinski definition) is 6. The van der Waals surface area contributed by atoms with Crippen LogP contribution in [-0.4, -0.2) is 53.2 Å². The van der Waals surface area contributed by atoms with Crippen LogP contribution >= 0.6 is 0 Å². The number of carbonyl (C=O) groups excluding carboxylic acids is 1. The van der Waals surface area contributed by atoms with Gasteiger partial charge in [0.2, 0.25) is 0 Å². The van der Waals surface area contributed by atoms with Crippen LogP contribution in [0.15, 0.2) is 78.0 Å². The van der Waals surface area contributed by atoms with Crippen molar-refractivity contribution in [2.75, 3.05) is 35.5 Å². The minimum absolute atomic E-state index is 0.0267. The maximum absolute atomic E-state index is 12.5. The van der Waals surface area contributed by atoms with Gasteiger partial charge >= 0.3 is 10.2 Å². The van der Waals surface area contributed by atoms with Crippen LogP contribution in [0.4, 0.5) is 17.1 Å². The fourth-order valence-electron chi connectivity index (χ4n) is 2.76. The maximum atomic E-state index is 12.5. The molecule has 3 rings (SSSR count). The van der Waals surface area contributed by atoms with Gasteiger partial charge in [-0.1, -0.05) is 0 Å². The zero-order chi connectivity index (χ0) is 24.2. The monoisotopic (exact) mass is 489 g/mol. The van der Waals surface area contributed by atoms with Gasteiger partial charge in [-0.05, 0) is 60.7 Å². The molecule has 0 aliphatic heterocycles. The number of anilines is 3. The zero-order valence-corrected chi connectivity index (χ0v) is 19.8. The Balaban J connectivity index is 1.68. The Morgan fingerprint density at radius 1 is 0.848 bits per heavy atom. The third-order valence-corrected chi connectivity index (χ3v) is 7.86. The quantitative estimate of drug-likeness (QED) is 0.500. The maximum Gasteiger partial charge on any atom is 0.303 e. The van der Waals surface area contributed by atoms with Crippen LogP contribution in [0.5, 0.6) is 0 Å². The lowest BCUT2D eigenvalue weighted by Gasteiger charge is -2.23. The zero-order valence-electron chi connectivity index (χ0n) is 18.1. The summed E-state index contributed by atoms with van der Waals surface area (Å²) >= 11 is 0. The average molecular weight is 490 g/mol. The molecule has 0 aliphatic rings. The summed E-state index contributed by atoms with van der Waals surface area (Å²) in [5.74, 6) is -0.427. The first-order chi connectivity index (χ1) is 15.5. The predicted molar refractivity (Wildman–Crippen MR) is 127 cm³/mol. The van der Waals surface area contributed by atoms with Crippen LogP contribution in [0.1, 0.15) is 10.4 Å². The second kappa shape index (κ2) is 9.57. The van der Waals surface area contributed by atoms with E-state index in [0.717, 1.165) is 8.61 Å². The van der Waals surface area contributed by atoms with E-state index in [9.17, 15) is 21.6 Å². The lowest BCUT2D eigenvalue weighted by molar-refractivity contribution is 0.102. The smallest absolute Gasteiger partial charge is 0.303 e. The standard InChI is InChI=1S/C21H23N5O5S2/c1-25(2)33(30,31)26(3)19-10-6-16(7-11-19)21(27)23-17-8-12-20(13-9-17)32(28,29)24-18-5-4-14-22-15-18/h4-15,24H,1-3H3,(H,23,27). The molecule has 33 heavy (non-hydrogen) atoms. The van der Waals surface area contributed by atoms with E-state index < -0.39 is 26.1 Å². The molecule has 0 atom stereocenters. The lowest BCUT2D eigenvalue weighted by Crippen LogP contribution is -2.37. The molecule has 0 aliphatic carbocycles. The van der Waals surface area contributed by atoms with Gasteiger partial charge in [0.15, 0.2) is 0 Å².